The van der Waals surface area contributed by atoms with E-state index in [-0.39, 0.29) is 11.8 Å². The molecule has 3 heteroatoms. The third kappa shape index (κ3) is 1.97. The average molecular weight is 198 g/mol. The Bertz CT molecular complexity index is 235. The summed E-state index contributed by atoms with van der Waals surface area (Å²) in [5, 5.41) is 0. The van der Waals surface area contributed by atoms with Crippen LogP contribution >= 0.6 is 0 Å². The molecule has 0 aliphatic carbocycles. The minimum Gasteiger partial charge on any atom is -0.465 e. The molecule has 1 fully saturated rings. The van der Waals surface area contributed by atoms with E-state index < -0.39 is 5.41 Å². The molecule has 3 nitrogen and oxygen atoms in total. The highest BCUT2D eigenvalue weighted by Crippen LogP contribution is 2.36. The predicted octanol–water partition coefficient (Wildman–Crippen LogP) is 2.09. The molecule has 0 aromatic carbocycles. The van der Waals surface area contributed by atoms with Gasteiger partial charge >= 0.3 is 5.97 Å². The summed E-state index contributed by atoms with van der Waals surface area (Å²) >= 11 is 0. The molecule has 1 rings (SSSR count). The summed E-state index contributed by atoms with van der Waals surface area (Å²) in [6, 6.07) is 0. The van der Waals surface area contributed by atoms with Gasteiger partial charge in [-0.1, -0.05) is 26.2 Å². The number of cyclic esters (lactones) is 1. The fourth-order valence-corrected chi connectivity index (χ4v) is 1.96. The zero-order chi connectivity index (χ0) is 10.6. The number of esters is 1. The van der Waals surface area contributed by atoms with Gasteiger partial charge in [-0.3, -0.25) is 9.59 Å². The molecule has 0 saturated carbocycles. The summed E-state index contributed by atoms with van der Waals surface area (Å²) in [6.45, 7) is 4.01. The van der Waals surface area contributed by atoms with Gasteiger partial charge in [0.15, 0.2) is 0 Å². The maximum Gasteiger partial charge on any atom is 0.319 e. The molecule has 1 atom stereocenters. The third-order valence-electron chi connectivity index (χ3n) is 3.03. The lowest BCUT2D eigenvalue weighted by atomic mass is 9.78. The number of Topliss-reactive ketones (excluding diaryl/α,β-unsaturated/α-hetero) is 1. The average Bonchev–Trinajstić information content (AvgIpc) is 2.49. The fourth-order valence-electron chi connectivity index (χ4n) is 1.96. The van der Waals surface area contributed by atoms with Crippen molar-refractivity contribution in [1.29, 1.82) is 0 Å². The predicted molar refractivity (Wildman–Crippen MR) is 52.8 cm³/mol. The van der Waals surface area contributed by atoms with Gasteiger partial charge in [-0.25, -0.2) is 0 Å². The first-order valence-corrected chi connectivity index (χ1v) is 5.32. The van der Waals surface area contributed by atoms with Crippen LogP contribution in [0.1, 0.15) is 46.0 Å². The standard InChI is InChI=1S/C11H18O3/c1-3-4-5-6-11(9(2)12)7-8-14-10(11)13/h3-8H2,1-2H3. The van der Waals surface area contributed by atoms with Crippen molar-refractivity contribution in [3.8, 4) is 0 Å². The Morgan fingerprint density at radius 1 is 1.50 bits per heavy atom. The van der Waals surface area contributed by atoms with Crippen LogP contribution in [0.15, 0.2) is 0 Å². The zero-order valence-corrected chi connectivity index (χ0v) is 8.97. The fraction of sp³-hybridized carbons (Fsp3) is 0.818. The maximum atomic E-state index is 11.5. The number of unbranched alkanes of at least 4 members (excludes halogenated alkanes) is 2. The maximum absolute atomic E-state index is 11.5. The lowest BCUT2D eigenvalue weighted by Crippen LogP contribution is -2.34. The van der Waals surface area contributed by atoms with Crippen molar-refractivity contribution in [3.05, 3.63) is 0 Å². The minimum absolute atomic E-state index is 0.0314. The Morgan fingerprint density at radius 2 is 2.21 bits per heavy atom. The van der Waals surface area contributed by atoms with Crippen molar-refractivity contribution in [3.63, 3.8) is 0 Å². The van der Waals surface area contributed by atoms with E-state index in [2.05, 4.69) is 6.92 Å². The van der Waals surface area contributed by atoms with E-state index in [1.165, 1.54) is 6.92 Å². The molecule has 1 aliphatic heterocycles. The van der Waals surface area contributed by atoms with Crippen LogP contribution in [0.5, 0.6) is 0 Å². The highest BCUT2D eigenvalue weighted by molar-refractivity contribution is 6.03. The lowest BCUT2D eigenvalue weighted by Gasteiger charge is -2.20. The highest BCUT2D eigenvalue weighted by atomic mass is 16.5. The number of carbonyl (C=O) groups is 2. The van der Waals surface area contributed by atoms with Crippen LogP contribution in [0.4, 0.5) is 0 Å². The number of ether oxygens (including phenoxy) is 1. The summed E-state index contributed by atoms with van der Waals surface area (Å²) in [4.78, 5) is 23.0. The Labute approximate surface area is 84.8 Å². The van der Waals surface area contributed by atoms with Gasteiger partial charge in [0.25, 0.3) is 0 Å². The minimum atomic E-state index is -0.796. The number of hydrogen-bond acceptors (Lipinski definition) is 3. The molecular weight excluding hydrogens is 180 g/mol. The molecular formula is C11H18O3. The molecule has 14 heavy (non-hydrogen) atoms. The first-order valence-electron chi connectivity index (χ1n) is 5.32. The third-order valence-corrected chi connectivity index (χ3v) is 3.03. The van der Waals surface area contributed by atoms with Gasteiger partial charge in [0.2, 0.25) is 0 Å². The van der Waals surface area contributed by atoms with Crippen molar-refractivity contribution in [2.45, 2.75) is 46.0 Å². The number of hydrogen-bond donors (Lipinski definition) is 0. The zero-order valence-electron chi connectivity index (χ0n) is 8.97. The van der Waals surface area contributed by atoms with Crippen molar-refractivity contribution < 1.29 is 14.3 Å². The van der Waals surface area contributed by atoms with Gasteiger partial charge in [-0.2, -0.15) is 0 Å². The Kier molecular flexibility index (Phi) is 3.67. The summed E-state index contributed by atoms with van der Waals surface area (Å²) < 4.78 is 4.90. The normalized spacial score (nSPS) is 26.3. The van der Waals surface area contributed by atoms with Crippen LogP contribution in [0.3, 0.4) is 0 Å². The van der Waals surface area contributed by atoms with Crippen LogP contribution in [0.25, 0.3) is 0 Å². The summed E-state index contributed by atoms with van der Waals surface area (Å²) in [5.41, 5.74) is -0.796. The smallest absolute Gasteiger partial charge is 0.319 e. The number of carbonyl (C=O) groups excluding carboxylic acids is 2. The molecule has 0 spiro atoms. The van der Waals surface area contributed by atoms with Crippen molar-refractivity contribution in [2.75, 3.05) is 6.61 Å². The number of ketones is 1. The van der Waals surface area contributed by atoms with Gasteiger partial charge in [0.05, 0.1) is 6.61 Å². The number of rotatable bonds is 5. The molecule has 1 unspecified atom stereocenters. The molecule has 0 N–H and O–H groups in total. The largest absolute Gasteiger partial charge is 0.465 e. The van der Waals surface area contributed by atoms with Crippen LogP contribution in [0.2, 0.25) is 0 Å². The molecule has 1 saturated heterocycles. The second kappa shape index (κ2) is 4.58. The molecule has 1 aliphatic rings. The first kappa shape index (κ1) is 11.2. The van der Waals surface area contributed by atoms with Gasteiger partial charge in [-0.15, -0.1) is 0 Å². The van der Waals surface area contributed by atoms with Crippen LogP contribution in [-0.4, -0.2) is 18.4 Å². The van der Waals surface area contributed by atoms with Crippen LogP contribution in [-0.2, 0) is 14.3 Å². The SMILES string of the molecule is CCCCCC1(C(C)=O)CCOC1=O. The topological polar surface area (TPSA) is 43.4 Å². The van der Waals surface area contributed by atoms with Crippen LogP contribution in [0, 0.1) is 5.41 Å². The van der Waals surface area contributed by atoms with Gasteiger partial charge < -0.3 is 4.74 Å². The van der Waals surface area contributed by atoms with Crippen molar-refractivity contribution in [2.24, 2.45) is 5.41 Å². The summed E-state index contributed by atoms with van der Waals surface area (Å²) in [6.07, 6.45) is 4.34. The van der Waals surface area contributed by atoms with E-state index in [9.17, 15) is 9.59 Å². The lowest BCUT2D eigenvalue weighted by molar-refractivity contribution is -0.151. The second-order valence-corrected chi connectivity index (χ2v) is 3.98. The van der Waals surface area contributed by atoms with E-state index in [1.807, 2.05) is 0 Å². The molecule has 80 valence electrons. The van der Waals surface area contributed by atoms with E-state index >= 15 is 0 Å². The molecule has 0 bridgehead atoms. The van der Waals surface area contributed by atoms with E-state index in [0.717, 1.165) is 19.3 Å². The summed E-state index contributed by atoms with van der Waals surface area (Å²) in [5.74, 6) is -0.336. The Morgan fingerprint density at radius 3 is 2.64 bits per heavy atom. The van der Waals surface area contributed by atoms with Gasteiger partial charge in [-0.05, 0) is 13.3 Å². The molecule has 0 radical (unpaired) electrons. The van der Waals surface area contributed by atoms with Gasteiger partial charge in [0.1, 0.15) is 11.2 Å². The Hall–Kier alpha value is -0.860. The molecule has 0 aromatic rings. The van der Waals surface area contributed by atoms with Crippen molar-refractivity contribution >= 4 is 11.8 Å². The molecule has 1 heterocycles. The Balaban J connectivity index is 2.63. The highest BCUT2D eigenvalue weighted by Gasteiger charge is 2.47. The van der Waals surface area contributed by atoms with E-state index in [0.29, 0.717) is 19.4 Å². The molecule has 0 aromatic heterocycles. The molecule has 0 amide bonds. The second-order valence-electron chi connectivity index (χ2n) is 3.98. The van der Waals surface area contributed by atoms with E-state index in [4.69, 9.17) is 4.74 Å². The van der Waals surface area contributed by atoms with Gasteiger partial charge in [0, 0.05) is 6.42 Å². The van der Waals surface area contributed by atoms with Crippen molar-refractivity contribution in [1.82, 2.24) is 0 Å². The first-order chi connectivity index (χ1) is 6.63. The van der Waals surface area contributed by atoms with Crippen LogP contribution < -0.4 is 0 Å². The van der Waals surface area contributed by atoms with E-state index in [1.54, 1.807) is 0 Å². The quantitative estimate of drug-likeness (QED) is 0.386. The summed E-state index contributed by atoms with van der Waals surface area (Å²) in [7, 11) is 0. The monoisotopic (exact) mass is 198 g/mol.